The number of piperidine rings is 1. The molecular weight excluding hydrogens is 422 g/mol. The predicted octanol–water partition coefficient (Wildman–Crippen LogP) is 3.15. The van der Waals surface area contributed by atoms with E-state index in [0.717, 1.165) is 29.7 Å². The van der Waals surface area contributed by atoms with Crippen LogP contribution in [0.4, 0.5) is 5.69 Å². The number of amides is 1. The van der Waals surface area contributed by atoms with Gasteiger partial charge in [0.05, 0.1) is 11.7 Å². The van der Waals surface area contributed by atoms with Gasteiger partial charge >= 0.3 is 0 Å². The van der Waals surface area contributed by atoms with Crippen molar-refractivity contribution in [1.29, 1.82) is 0 Å². The Morgan fingerprint density at radius 3 is 2.63 bits per heavy atom. The Hall–Kier alpha value is -1.96. The largest absolute Gasteiger partial charge is 0.311 e. The summed E-state index contributed by atoms with van der Waals surface area (Å²) in [7, 11) is -3.17. The maximum atomic E-state index is 13.2. The Kier molecular flexibility index (Phi) is 4.87. The second-order valence-electron chi connectivity index (χ2n) is 8.60. The molecule has 1 saturated carbocycles. The van der Waals surface area contributed by atoms with Crippen molar-refractivity contribution < 1.29 is 13.2 Å². The molecular formula is C22H24ClN3O3S. The van der Waals surface area contributed by atoms with E-state index in [9.17, 15) is 13.2 Å². The van der Waals surface area contributed by atoms with Gasteiger partial charge in [0.25, 0.3) is 0 Å². The van der Waals surface area contributed by atoms with Crippen LogP contribution in [-0.4, -0.2) is 48.5 Å². The normalized spacial score (nSPS) is 21.0. The highest BCUT2D eigenvalue weighted by molar-refractivity contribution is 7.90. The first-order valence-electron chi connectivity index (χ1n) is 10.4. The molecule has 0 bridgehead atoms. The summed E-state index contributed by atoms with van der Waals surface area (Å²) in [6, 6.07) is 9.43. The van der Waals surface area contributed by atoms with Crippen molar-refractivity contribution in [3.8, 4) is 0 Å². The molecule has 158 valence electrons. The topological polar surface area (TPSA) is 70.6 Å². The number of carbonyl (C=O) groups excluding carboxylic acids is 1. The Bertz CT molecular complexity index is 1080. The van der Waals surface area contributed by atoms with Gasteiger partial charge in [-0.25, -0.2) is 12.7 Å². The highest BCUT2D eigenvalue weighted by Crippen LogP contribution is 2.49. The summed E-state index contributed by atoms with van der Waals surface area (Å²) < 4.78 is 27.0. The summed E-state index contributed by atoms with van der Waals surface area (Å²) in [5.41, 5.74) is 2.59. The molecule has 8 heteroatoms. The van der Waals surface area contributed by atoms with Gasteiger partial charge in [0.1, 0.15) is 0 Å². The van der Waals surface area contributed by atoms with Crippen LogP contribution in [0.2, 0.25) is 5.02 Å². The molecule has 1 aromatic heterocycles. The minimum Gasteiger partial charge on any atom is -0.311 e. The predicted molar refractivity (Wildman–Crippen MR) is 116 cm³/mol. The molecule has 1 amide bonds. The molecule has 0 unspecified atom stereocenters. The second-order valence-corrected chi connectivity index (χ2v) is 11.3. The molecule has 1 aliphatic carbocycles. The molecule has 0 radical (unpaired) electrons. The molecule has 2 aromatic rings. The number of anilines is 1. The van der Waals surface area contributed by atoms with Crippen LogP contribution in [0.5, 0.6) is 0 Å². The number of pyridine rings is 1. The highest BCUT2D eigenvalue weighted by Gasteiger charge is 2.49. The van der Waals surface area contributed by atoms with Gasteiger partial charge in [-0.1, -0.05) is 17.7 Å². The average molecular weight is 446 g/mol. The molecule has 1 aromatic carbocycles. The lowest BCUT2D eigenvalue weighted by Crippen LogP contribution is -2.48. The van der Waals surface area contributed by atoms with Gasteiger partial charge in [-0.15, -0.1) is 0 Å². The number of hydrogen-bond donors (Lipinski definition) is 0. The van der Waals surface area contributed by atoms with Crippen LogP contribution in [0.25, 0.3) is 0 Å². The fraction of sp³-hybridized carbons (Fsp3) is 0.455. The van der Waals surface area contributed by atoms with Crippen molar-refractivity contribution >= 4 is 33.2 Å². The number of fused-ring (bicyclic) bond motifs is 2. The standard InChI is InChI=1S/C22H24ClN3O3S/c23-17-3-6-20-19(13-17)22(7-10-25(11-8-22)30(28,29)18-4-5-18)15-26(20)21(27)12-16-2-1-9-24-14-16/h1-3,6,9,13-14,18H,4-5,7-8,10-12,15H2. The van der Waals surface area contributed by atoms with E-state index in [0.29, 0.717) is 37.5 Å². The third-order valence-electron chi connectivity index (χ3n) is 6.65. The van der Waals surface area contributed by atoms with Crippen molar-refractivity contribution in [2.75, 3.05) is 24.5 Å². The number of aromatic nitrogens is 1. The van der Waals surface area contributed by atoms with Gasteiger partial charge in [0.2, 0.25) is 15.9 Å². The number of benzene rings is 1. The zero-order chi connectivity index (χ0) is 20.9. The minimum atomic E-state index is -3.17. The lowest BCUT2D eigenvalue weighted by atomic mass is 9.75. The van der Waals surface area contributed by atoms with Crippen LogP contribution in [0.15, 0.2) is 42.7 Å². The summed E-state index contributed by atoms with van der Waals surface area (Å²) in [4.78, 5) is 19.1. The van der Waals surface area contributed by atoms with Crippen molar-refractivity contribution in [1.82, 2.24) is 9.29 Å². The van der Waals surface area contributed by atoms with E-state index in [1.807, 2.05) is 35.2 Å². The average Bonchev–Trinajstić information content (AvgIpc) is 3.56. The van der Waals surface area contributed by atoms with E-state index in [2.05, 4.69) is 4.98 Å². The second kappa shape index (κ2) is 7.32. The van der Waals surface area contributed by atoms with Gasteiger partial charge in [0.15, 0.2) is 0 Å². The first-order valence-corrected chi connectivity index (χ1v) is 12.3. The van der Waals surface area contributed by atoms with Crippen LogP contribution in [0.1, 0.15) is 36.8 Å². The van der Waals surface area contributed by atoms with Gasteiger partial charge < -0.3 is 4.90 Å². The molecule has 3 heterocycles. The number of nitrogens with zero attached hydrogens (tertiary/aromatic N) is 3. The zero-order valence-corrected chi connectivity index (χ0v) is 18.2. The Morgan fingerprint density at radius 1 is 1.20 bits per heavy atom. The van der Waals surface area contributed by atoms with Crippen LogP contribution in [0.3, 0.4) is 0 Å². The fourth-order valence-corrected chi connectivity index (χ4v) is 6.83. The third-order valence-corrected chi connectivity index (χ3v) is 9.28. The zero-order valence-electron chi connectivity index (χ0n) is 16.6. The van der Waals surface area contributed by atoms with E-state index < -0.39 is 10.0 Å². The van der Waals surface area contributed by atoms with E-state index in [1.54, 1.807) is 16.7 Å². The Balaban J connectivity index is 1.41. The summed E-state index contributed by atoms with van der Waals surface area (Å²) in [6.07, 6.45) is 6.64. The number of halogens is 1. The smallest absolute Gasteiger partial charge is 0.231 e. The van der Waals surface area contributed by atoms with Gasteiger partial charge in [-0.2, -0.15) is 0 Å². The SMILES string of the molecule is O=C(Cc1cccnc1)N1CC2(CCN(S(=O)(=O)C3CC3)CC2)c2cc(Cl)ccc21. The third kappa shape index (κ3) is 3.43. The lowest BCUT2D eigenvalue weighted by molar-refractivity contribution is -0.118. The van der Waals surface area contributed by atoms with Crippen molar-refractivity contribution in [3.63, 3.8) is 0 Å². The number of sulfonamides is 1. The van der Waals surface area contributed by atoms with E-state index in [-0.39, 0.29) is 23.0 Å². The van der Waals surface area contributed by atoms with Crippen LogP contribution >= 0.6 is 11.6 Å². The first-order chi connectivity index (χ1) is 14.4. The molecule has 3 aliphatic rings. The number of carbonyl (C=O) groups is 1. The first kappa shape index (κ1) is 20.0. The minimum absolute atomic E-state index is 0.0245. The molecule has 5 rings (SSSR count). The maximum Gasteiger partial charge on any atom is 0.231 e. The Morgan fingerprint density at radius 2 is 1.97 bits per heavy atom. The Labute approximate surface area is 181 Å². The molecule has 1 spiro atoms. The van der Waals surface area contributed by atoms with Crippen LogP contribution in [0, 0.1) is 0 Å². The van der Waals surface area contributed by atoms with Gasteiger partial charge in [-0.3, -0.25) is 9.78 Å². The van der Waals surface area contributed by atoms with Crippen LogP contribution < -0.4 is 4.90 Å². The number of hydrogen-bond acceptors (Lipinski definition) is 4. The highest BCUT2D eigenvalue weighted by atomic mass is 35.5. The quantitative estimate of drug-likeness (QED) is 0.724. The van der Waals surface area contributed by atoms with Crippen LogP contribution in [-0.2, 0) is 26.7 Å². The molecule has 2 fully saturated rings. The van der Waals surface area contributed by atoms with Gasteiger partial charge in [0, 0.05) is 48.2 Å². The molecule has 30 heavy (non-hydrogen) atoms. The summed E-state index contributed by atoms with van der Waals surface area (Å²) >= 11 is 6.32. The van der Waals surface area contributed by atoms with Crippen molar-refractivity contribution in [2.45, 2.75) is 42.8 Å². The molecule has 0 N–H and O–H groups in total. The van der Waals surface area contributed by atoms with Crippen molar-refractivity contribution in [3.05, 3.63) is 58.9 Å². The molecule has 6 nitrogen and oxygen atoms in total. The summed E-state index contributed by atoms with van der Waals surface area (Å²) in [5, 5.41) is 0.456. The lowest BCUT2D eigenvalue weighted by Gasteiger charge is -2.39. The molecule has 0 atom stereocenters. The monoisotopic (exact) mass is 445 g/mol. The van der Waals surface area contributed by atoms with E-state index >= 15 is 0 Å². The summed E-state index contributed by atoms with van der Waals surface area (Å²) in [6.45, 7) is 1.56. The fourth-order valence-electron chi connectivity index (χ4n) is 4.81. The van der Waals surface area contributed by atoms with Crippen molar-refractivity contribution in [2.24, 2.45) is 0 Å². The number of rotatable bonds is 4. The summed E-state index contributed by atoms with van der Waals surface area (Å²) in [5.74, 6) is 0.0245. The molecule has 1 saturated heterocycles. The van der Waals surface area contributed by atoms with E-state index in [1.165, 1.54) is 0 Å². The molecule has 2 aliphatic heterocycles. The maximum absolute atomic E-state index is 13.2. The van der Waals surface area contributed by atoms with Gasteiger partial charge in [-0.05, 0) is 61.1 Å². The van der Waals surface area contributed by atoms with E-state index in [4.69, 9.17) is 11.6 Å².